The Labute approximate surface area is 200 Å². The SMILES string of the molecule is NC(=O)C(CCC(=O)O)NC(=O)C(CCC(=O)O)NC(=O)CCc1ccc(C2=NCCS2)cc1. The number of carboxylic acid groups (broad SMARTS) is 2. The highest BCUT2D eigenvalue weighted by Crippen LogP contribution is 2.19. The van der Waals surface area contributed by atoms with Gasteiger partial charge in [0.05, 0.1) is 5.04 Å². The average molecular weight is 493 g/mol. The third-order valence-corrected chi connectivity index (χ3v) is 6.06. The number of hydrogen-bond donors (Lipinski definition) is 5. The first-order valence-corrected chi connectivity index (χ1v) is 11.7. The molecule has 11 nitrogen and oxygen atoms in total. The zero-order valence-corrected chi connectivity index (χ0v) is 19.3. The van der Waals surface area contributed by atoms with E-state index < -0.39 is 54.6 Å². The monoisotopic (exact) mass is 492 g/mol. The molecule has 2 atom stereocenters. The first-order chi connectivity index (χ1) is 16.2. The van der Waals surface area contributed by atoms with E-state index in [0.717, 1.165) is 28.5 Å². The van der Waals surface area contributed by atoms with Crippen LogP contribution >= 0.6 is 11.8 Å². The van der Waals surface area contributed by atoms with E-state index in [9.17, 15) is 24.0 Å². The molecule has 0 radical (unpaired) electrons. The van der Waals surface area contributed by atoms with Crippen molar-refractivity contribution >= 4 is 46.5 Å². The van der Waals surface area contributed by atoms with Crippen molar-refractivity contribution in [2.75, 3.05) is 12.3 Å². The fourth-order valence-electron chi connectivity index (χ4n) is 3.21. The summed E-state index contributed by atoms with van der Waals surface area (Å²) in [5.41, 5.74) is 7.16. The Morgan fingerprint density at radius 3 is 2.09 bits per heavy atom. The van der Waals surface area contributed by atoms with Gasteiger partial charge in [-0.25, -0.2) is 0 Å². The summed E-state index contributed by atoms with van der Waals surface area (Å²) in [6.07, 6.45) is -0.753. The Morgan fingerprint density at radius 1 is 0.941 bits per heavy atom. The van der Waals surface area contributed by atoms with E-state index in [-0.39, 0.29) is 19.3 Å². The van der Waals surface area contributed by atoms with E-state index in [4.69, 9.17) is 15.9 Å². The summed E-state index contributed by atoms with van der Waals surface area (Å²) in [5.74, 6) is -3.56. The van der Waals surface area contributed by atoms with E-state index in [0.29, 0.717) is 6.42 Å². The molecule has 0 saturated carbocycles. The van der Waals surface area contributed by atoms with Crippen LogP contribution in [0, 0.1) is 0 Å². The van der Waals surface area contributed by atoms with Crippen molar-refractivity contribution in [2.24, 2.45) is 10.7 Å². The van der Waals surface area contributed by atoms with Crippen LogP contribution in [0.4, 0.5) is 0 Å². The number of aliphatic imine (C=N–C) groups is 1. The zero-order valence-electron chi connectivity index (χ0n) is 18.5. The standard InChI is InChI=1S/C22H28N4O7S/c23-20(32)15(6-9-18(28)29)26-21(33)16(7-10-19(30)31)25-17(27)8-3-13-1-4-14(5-2-13)22-24-11-12-34-22/h1-2,4-5,15-16H,3,6-12H2,(H2,23,32)(H,25,27)(H,26,33)(H,28,29)(H,30,31). The first kappa shape index (κ1) is 26.8. The van der Waals surface area contributed by atoms with Crippen LogP contribution in [0.2, 0.25) is 0 Å². The lowest BCUT2D eigenvalue weighted by atomic mass is 10.1. The van der Waals surface area contributed by atoms with Crippen LogP contribution in [0.1, 0.15) is 43.2 Å². The minimum absolute atomic E-state index is 0.0597. The molecule has 12 heteroatoms. The number of thioether (sulfide) groups is 1. The molecule has 0 saturated heterocycles. The van der Waals surface area contributed by atoms with E-state index in [1.54, 1.807) is 11.8 Å². The summed E-state index contributed by atoms with van der Waals surface area (Å²) in [6.45, 7) is 0.804. The molecule has 0 aliphatic carbocycles. The molecule has 0 fully saturated rings. The van der Waals surface area contributed by atoms with E-state index in [2.05, 4.69) is 15.6 Å². The quantitative estimate of drug-likeness (QED) is 0.245. The Balaban J connectivity index is 1.94. The molecule has 2 unspecified atom stereocenters. The van der Waals surface area contributed by atoms with Crippen LogP contribution < -0.4 is 16.4 Å². The molecule has 6 N–H and O–H groups in total. The number of rotatable bonds is 14. The van der Waals surface area contributed by atoms with Crippen molar-refractivity contribution in [2.45, 2.75) is 50.6 Å². The van der Waals surface area contributed by atoms with Crippen molar-refractivity contribution in [3.8, 4) is 0 Å². The molecule has 1 aromatic carbocycles. The maximum absolute atomic E-state index is 12.6. The molecule has 1 aliphatic rings. The number of carboxylic acids is 2. The van der Waals surface area contributed by atoms with Gasteiger partial charge in [-0.1, -0.05) is 24.3 Å². The zero-order chi connectivity index (χ0) is 25.1. The lowest BCUT2D eigenvalue weighted by Crippen LogP contribution is -2.53. The van der Waals surface area contributed by atoms with Crippen molar-refractivity contribution < 1.29 is 34.2 Å². The maximum Gasteiger partial charge on any atom is 0.303 e. The Morgan fingerprint density at radius 2 is 1.56 bits per heavy atom. The van der Waals surface area contributed by atoms with Gasteiger partial charge in [-0.3, -0.25) is 29.0 Å². The molecule has 0 aromatic heterocycles. The fourth-order valence-corrected chi connectivity index (χ4v) is 4.07. The molecule has 1 heterocycles. The Hall–Kier alpha value is -3.41. The largest absolute Gasteiger partial charge is 0.481 e. The van der Waals surface area contributed by atoms with Crippen molar-refractivity contribution in [1.29, 1.82) is 0 Å². The van der Waals surface area contributed by atoms with Gasteiger partial charge in [-0.05, 0) is 24.8 Å². The Kier molecular flexibility index (Phi) is 10.5. The number of carbonyl (C=O) groups is 5. The number of nitrogens with zero attached hydrogens (tertiary/aromatic N) is 1. The molecule has 3 amide bonds. The van der Waals surface area contributed by atoms with Crippen LogP contribution in [0.5, 0.6) is 0 Å². The molecule has 184 valence electrons. The number of primary amides is 1. The number of nitrogens with one attached hydrogen (secondary N) is 2. The molecule has 1 aromatic rings. The minimum atomic E-state index is -1.26. The second kappa shape index (κ2) is 13.3. The highest BCUT2D eigenvalue weighted by Gasteiger charge is 2.26. The van der Waals surface area contributed by atoms with Gasteiger partial charge in [-0.15, -0.1) is 11.8 Å². The molecule has 1 aliphatic heterocycles. The lowest BCUT2D eigenvalue weighted by molar-refractivity contribution is -0.139. The first-order valence-electron chi connectivity index (χ1n) is 10.7. The van der Waals surface area contributed by atoms with Crippen LogP contribution in [0.15, 0.2) is 29.3 Å². The summed E-state index contributed by atoms with van der Waals surface area (Å²) in [7, 11) is 0. The number of hydrogen-bond acceptors (Lipinski definition) is 7. The maximum atomic E-state index is 12.6. The van der Waals surface area contributed by atoms with E-state index in [1.807, 2.05) is 24.3 Å². The van der Waals surface area contributed by atoms with Gasteiger partial charge in [0.1, 0.15) is 12.1 Å². The summed E-state index contributed by atoms with van der Waals surface area (Å²) in [5, 5.41) is 23.5. The van der Waals surface area contributed by atoms with Gasteiger partial charge in [0, 0.05) is 37.1 Å². The molecular formula is C22H28N4O7S. The smallest absolute Gasteiger partial charge is 0.303 e. The molecule has 0 bridgehead atoms. The topological polar surface area (TPSA) is 188 Å². The van der Waals surface area contributed by atoms with Crippen LogP contribution in [0.25, 0.3) is 0 Å². The Bertz CT molecular complexity index is 949. The van der Waals surface area contributed by atoms with Crippen molar-refractivity contribution in [1.82, 2.24) is 10.6 Å². The van der Waals surface area contributed by atoms with Crippen LogP contribution in [-0.2, 0) is 30.4 Å². The van der Waals surface area contributed by atoms with Gasteiger partial charge in [0.2, 0.25) is 17.7 Å². The number of aryl methyl sites for hydroxylation is 1. The summed E-state index contributed by atoms with van der Waals surface area (Å²) >= 11 is 1.69. The summed E-state index contributed by atoms with van der Waals surface area (Å²) in [4.78, 5) is 62.7. The van der Waals surface area contributed by atoms with Crippen LogP contribution in [-0.4, -0.2) is 69.3 Å². The van der Waals surface area contributed by atoms with Crippen molar-refractivity contribution in [3.05, 3.63) is 35.4 Å². The molecular weight excluding hydrogens is 464 g/mol. The number of aliphatic carboxylic acids is 2. The highest BCUT2D eigenvalue weighted by atomic mass is 32.2. The fraction of sp³-hybridized carbons (Fsp3) is 0.455. The van der Waals surface area contributed by atoms with E-state index >= 15 is 0 Å². The third-order valence-electron chi connectivity index (χ3n) is 5.03. The number of nitrogens with two attached hydrogens (primary N) is 1. The summed E-state index contributed by atoms with van der Waals surface area (Å²) < 4.78 is 0. The number of benzene rings is 1. The third kappa shape index (κ3) is 9.22. The van der Waals surface area contributed by atoms with Gasteiger partial charge in [0.15, 0.2) is 0 Å². The van der Waals surface area contributed by atoms with Crippen LogP contribution in [0.3, 0.4) is 0 Å². The highest BCUT2D eigenvalue weighted by molar-refractivity contribution is 8.14. The second-order valence-electron chi connectivity index (χ2n) is 7.68. The average Bonchev–Trinajstić information content (AvgIpc) is 3.32. The van der Waals surface area contributed by atoms with Gasteiger partial charge < -0.3 is 26.6 Å². The second-order valence-corrected chi connectivity index (χ2v) is 8.76. The normalized spacial score (nSPS) is 14.5. The number of carbonyl (C=O) groups excluding carboxylic acids is 3. The van der Waals surface area contributed by atoms with E-state index in [1.165, 1.54) is 0 Å². The number of amides is 3. The van der Waals surface area contributed by atoms with Gasteiger partial charge in [-0.2, -0.15) is 0 Å². The summed E-state index contributed by atoms with van der Waals surface area (Å²) in [6, 6.07) is 5.21. The molecule has 34 heavy (non-hydrogen) atoms. The van der Waals surface area contributed by atoms with Gasteiger partial charge in [0.25, 0.3) is 0 Å². The van der Waals surface area contributed by atoms with Gasteiger partial charge >= 0.3 is 11.9 Å². The predicted molar refractivity (Wildman–Crippen MR) is 125 cm³/mol. The minimum Gasteiger partial charge on any atom is -0.481 e. The van der Waals surface area contributed by atoms with Crippen molar-refractivity contribution in [3.63, 3.8) is 0 Å². The molecule has 2 rings (SSSR count). The lowest BCUT2D eigenvalue weighted by Gasteiger charge is -2.21. The molecule has 0 spiro atoms. The predicted octanol–water partition coefficient (Wildman–Crippen LogP) is 0.297.